The molecule has 1 aliphatic carbocycles. The zero-order chi connectivity index (χ0) is 13.1. The molecule has 1 N–H and O–H groups in total. The summed E-state index contributed by atoms with van der Waals surface area (Å²) in [5.74, 6) is 1.61. The average Bonchev–Trinajstić information content (AvgIpc) is 2.93. The third-order valence-electron chi connectivity index (χ3n) is 4.38. The summed E-state index contributed by atoms with van der Waals surface area (Å²) in [6, 6.07) is 6.37. The van der Waals surface area contributed by atoms with Crippen molar-refractivity contribution in [1.82, 2.24) is 0 Å². The molecule has 0 bridgehead atoms. The van der Waals surface area contributed by atoms with Crippen molar-refractivity contribution in [3.63, 3.8) is 0 Å². The SMILES string of the molecule is OCC(=Cc1ccc2c(c1)CCO2)C1CCCCC1. The first-order valence-electron chi connectivity index (χ1n) is 7.44. The number of fused-ring (bicyclic) bond motifs is 1. The van der Waals surface area contributed by atoms with Gasteiger partial charge in [-0.05, 0) is 47.6 Å². The van der Waals surface area contributed by atoms with E-state index in [2.05, 4.69) is 24.3 Å². The smallest absolute Gasteiger partial charge is 0.122 e. The van der Waals surface area contributed by atoms with Crippen LogP contribution in [0.15, 0.2) is 23.8 Å². The molecule has 102 valence electrons. The number of aliphatic hydroxyl groups is 1. The molecular weight excluding hydrogens is 236 g/mol. The number of aliphatic hydroxyl groups excluding tert-OH is 1. The molecule has 2 heteroatoms. The Hall–Kier alpha value is -1.28. The summed E-state index contributed by atoms with van der Waals surface area (Å²) in [5, 5.41) is 9.64. The number of hydrogen-bond acceptors (Lipinski definition) is 2. The summed E-state index contributed by atoms with van der Waals surface area (Å²) in [6.07, 6.45) is 9.63. The highest BCUT2D eigenvalue weighted by Gasteiger charge is 2.18. The third-order valence-corrected chi connectivity index (χ3v) is 4.38. The Morgan fingerprint density at radius 3 is 2.89 bits per heavy atom. The molecule has 1 saturated carbocycles. The summed E-state index contributed by atoms with van der Waals surface area (Å²) in [7, 11) is 0. The van der Waals surface area contributed by atoms with Gasteiger partial charge < -0.3 is 9.84 Å². The van der Waals surface area contributed by atoms with Crippen molar-refractivity contribution in [2.24, 2.45) is 5.92 Å². The molecule has 19 heavy (non-hydrogen) atoms. The Kier molecular flexibility index (Phi) is 3.88. The van der Waals surface area contributed by atoms with Gasteiger partial charge in [0.25, 0.3) is 0 Å². The maximum absolute atomic E-state index is 9.64. The molecule has 0 saturated heterocycles. The molecule has 1 aliphatic heterocycles. The second-order valence-electron chi connectivity index (χ2n) is 5.68. The monoisotopic (exact) mass is 258 g/mol. The van der Waals surface area contributed by atoms with Crippen molar-refractivity contribution in [1.29, 1.82) is 0 Å². The number of hydrogen-bond donors (Lipinski definition) is 1. The maximum Gasteiger partial charge on any atom is 0.122 e. The summed E-state index contributed by atoms with van der Waals surface area (Å²) < 4.78 is 5.53. The van der Waals surface area contributed by atoms with Crippen LogP contribution < -0.4 is 4.74 Å². The Bertz CT molecular complexity index is 470. The second-order valence-corrected chi connectivity index (χ2v) is 5.68. The summed E-state index contributed by atoms with van der Waals surface area (Å²) in [5.41, 5.74) is 3.71. The quantitative estimate of drug-likeness (QED) is 0.898. The summed E-state index contributed by atoms with van der Waals surface area (Å²) >= 11 is 0. The van der Waals surface area contributed by atoms with Crippen molar-refractivity contribution in [3.05, 3.63) is 34.9 Å². The van der Waals surface area contributed by atoms with Crippen molar-refractivity contribution >= 4 is 6.08 Å². The Balaban J connectivity index is 1.81. The minimum Gasteiger partial charge on any atom is -0.493 e. The molecular formula is C17H22O2. The van der Waals surface area contributed by atoms with E-state index in [0.29, 0.717) is 5.92 Å². The van der Waals surface area contributed by atoms with Crippen LogP contribution in [0.2, 0.25) is 0 Å². The molecule has 0 atom stereocenters. The Morgan fingerprint density at radius 2 is 2.11 bits per heavy atom. The van der Waals surface area contributed by atoms with Gasteiger partial charge in [0.15, 0.2) is 0 Å². The maximum atomic E-state index is 9.64. The molecule has 3 rings (SSSR count). The van der Waals surface area contributed by atoms with Gasteiger partial charge in [-0.3, -0.25) is 0 Å². The van der Waals surface area contributed by atoms with E-state index >= 15 is 0 Å². The van der Waals surface area contributed by atoms with Crippen LogP contribution in [-0.2, 0) is 6.42 Å². The van der Waals surface area contributed by atoms with Crippen molar-refractivity contribution in [2.45, 2.75) is 38.5 Å². The zero-order valence-electron chi connectivity index (χ0n) is 11.4. The lowest BCUT2D eigenvalue weighted by Crippen LogP contribution is -2.11. The first kappa shape index (κ1) is 12.7. The Labute approximate surface area is 115 Å². The average molecular weight is 258 g/mol. The van der Waals surface area contributed by atoms with Crippen LogP contribution in [0.25, 0.3) is 6.08 Å². The van der Waals surface area contributed by atoms with Gasteiger partial charge in [0, 0.05) is 6.42 Å². The zero-order valence-corrected chi connectivity index (χ0v) is 11.4. The van der Waals surface area contributed by atoms with Crippen LogP contribution >= 0.6 is 0 Å². The van der Waals surface area contributed by atoms with Crippen molar-refractivity contribution in [2.75, 3.05) is 13.2 Å². The van der Waals surface area contributed by atoms with Crippen LogP contribution in [0.4, 0.5) is 0 Å². The summed E-state index contributed by atoms with van der Waals surface area (Å²) in [6.45, 7) is 0.996. The molecule has 0 spiro atoms. The van der Waals surface area contributed by atoms with Crippen LogP contribution in [0.3, 0.4) is 0 Å². The lowest BCUT2D eigenvalue weighted by atomic mass is 9.83. The third kappa shape index (κ3) is 2.84. The van der Waals surface area contributed by atoms with Gasteiger partial charge in [-0.2, -0.15) is 0 Å². The fourth-order valence-electron chi connectivity index (χ4n) is 3.28. The minimum absolute atomic E-state index is 0.193. The molecule has 2 nitrogen and oxygen atoms in total. The van der Waals surface area contributed by atoms with E-state index in [9.17, 15) is 5.11 Å². The molecule has 0 amide bonds. The van der Waals surface area contributed by atoms with E-state index in [-0.39, 0.29) is 6.61 Å². The van der Waals surface area contributed by atoms with E-state index in [1.165, 1.54) is 48.8 Å². The van der Waals surface area contributed by atoms with Gasteiger partial charge in [0.1, 0.15) is 5.75 Å². The van der Waals surface area contributed by atoms with Crippen LogP contribution in [0, 0.1) is 5.92 Å². The van der Waals surface area contributed by atoms with E-state index in [1.54, 1.807) is 0 Å². The molecule has 1 aromatic rings. The van der Waals surface area contributed by atoms with Crippen LogP contribution in [0.5, 0.6) is 5.75 Å². The Morgan fingerprint density at radius 1 is 1.26 bits per heavy atom. The van der Waals surface area contributed by atoms with Crippen molar-refractivity contribution < 1.29 is 9.84 Å². The fourth-order valence-corrected chi connectivity index (χ4v) is 3.28. The highest BCUT2D eigenvalue weighted by atomic mass is 16.5. The predicted octanol–water partition coefficient (Wildman–Crippen LogP) is 3.58. The minimum atomic E-state index is 0.193. The van der Waals surface area contributed by atoms with Gasteiger partial charge in [-0.15, -0.1) is 0 Å². The second kappa shape index (κ2) is 5.79. The van der Waals surface area contributed by atoms with E-state index < -0.39 is 0 Å². The van der Waals surface area contributed by atoms with Gasteiger partial charge in [-0.1, -0.05) is 31.4 Å². The highest BCUT2D eigenvalue weighted by molar-refractivity contribution is 5.57. The molecule has 0 unspecified atom stereocenters. The normalized spacial score (nSPS) is 20.2. The van der Waals surface area contributed by atoms with Gasteiger partial charge in [0.2, 0.25) is 0 Å². The molecule has 1 fully saturated rings. The van der Waals surface area contributed by atoms with Gasteiger partial charge in [-0.25, -0.2) is 0 Å². The number of rotatable bonds is 3. The predicted molar refractivity (Wildman–Crippen MR) is 77.3 cm³/mol. The molecule has 0 aromatic heterocycles. The highest BCUT2D eigenvalue weighted by Crippen LogP contribution is 2.32. The van der Waals surface area contributed by atoms with E-state index in [1.807, 2.05) is 0 Å². The first-order valence-corrected chi connectivity index (χ1v) is 7.44. The molecule has 1 heterocycles. The van der Waals surface area contributed by atoms with Gasteiger partial charge in [0.05, 0.1) is 13.2 Å². The lowest BCUT2D eigenvalue weighted by Gasteiger charge is -2.23. The van der Waals surface area contributed by atoms with Gasteiger partial charge >= 0.3 is 0 Å². The standard InChI is InChI=1S/C17H22O2/c18-12-16(14-4-2-1-3-5-14)11-13-6-7-17-15(10-13)8-9-19-17/h6-7,10-11,14,18H,1-5,8-9,12H2. The molecule has 2 aliphatic rings. The van der Waals surface area contributed by atoms with E-state index in [4.69, 9.17) is 4.74 Å². The lowest BCUT2D eigenvalue weighted by molar-refractivity contribution is 0.295. The van der Waals surface area contributed by atoms with Crippen LogP contribution in [-0.4, -0.2) is 18.3 Å². The first-order chi connectivity index (χ1) is 9.36. The van der Waals surface area contributed by atoms with E-state index in [0.717, 1.165) is 18.8 Å². The molecule has 1 aromatic carbocycles. The molecule has 0 radical (unpaired) electrons. The largest absolute Gasteiger partial charge is 0.493 e. The topological polar surface area (TPSA) is 29.5 Å². The number of ether oxygens (including phenoxy) is 1. The number of benzene rings is 1. The van der Waals surface area contributed by atoms with Crippen LogP contribution in [0.1, 0.15) is 43.2 Å². The summed E-state index contributed by atoms with van der Waals surface area (Å²) in [4.78, 5) is 0. The fraction of sp³-hybridized carbons (Fsp3) is 0.529. The van der Waals surface area contributed by atoms with Crippen molar-refractivity contribution in [3.8, 4) is 5.75 Å².